The Hall–Kier alpha value is -0.560. The van der Waals surface area contributed by atoms with Crippen LogP contribution in [0.4, 0.5) is 0 Å². The summed E-state index contributed by atoms with van der Waals surface area (Å²) in [6, 6.07) is 0. The Balaban J connectivity index is 3.12. The van der Waals surface area contributed by atoms with Crippen molar-refractivity contribution >= 4 is 0 Å². The molecule has 0 saturated carbocycles. The van der Waals surface area contributed by atoms with E-state index in [0.29, 0.717) is 6.61 Å². The standard InChI is InChI=1S/C30H58O/c1-2-3-4-5-6-7-8-9-10-11-12-13-14-15-16-17-18-19-20-21-22-23-24-25-26-27-28-29-30-31/h10-11,20-21,31H,2-9,12-19,22-30H2,1H3. The fourth-order valence-electron chi connectivity index (χ4n) is 4.18. The molecule has 0 radical (unpaired) electrons. The van der Waals surface area contributed by atoms with Crippen molar-refractivity contribution in [2.24, 2.45) is 0 Å². The lowest BCUT2D eigenvalue weighted by Crippen LogP contribution is -1.84. The first-order chi connectivity index (χ1) is 15.4. The minimum atomic E-state index is 0.363. The first-order valence-corrected chi connectivity index (χ1v) is 14.3. The third-order valence-electron chi connectivity index (χ3n) is 6.33. The maximum Gasteiger partial charge on any atom is 0.0431 e. The molecule has 0 amide bonds. The highest BCUT2D eigenvalue weighted by Crippen LogP contribution is 2.12. The van der Waals surface area contributed by atoms with Crippen molar-refractivity contribution in [3.8, 4) is 0 Å². The van der Waals surface area contributed by atoms with Crippen LogP contribution >= 0.6 is 0 Å². The van der Waals surface area contributed by atoms with E-state index in [9.17, 15) is 0 Å². The summed E-state index contributed by atoms with van der Waals surface area (Å²) < 4.78 is 0. The molecular weight excluding hydrogens is 376 g/mol. The molecule has 0 fully saturated rings. The summed E-state index contributed by atoms with van der Waals surface area (Å²) in [5, 5.41) is 8.75. The number of hydrogen-bond acceptors (Lipinski definition) is 1. The van der Waals surface area contributed by atoms with Gasteiger partial charge in [-0.15, -0.1) is 0 Å². The van der Waals surface area contributed by atoms with Crippen LogP contribution in [0.5, 0.6) is 0 Å². The van der Waals surface area contributed by atoms with Gasteiger partial charge in [0.25, 0.3) is 0 Å². The third kappa shape index (κ3) is 29.4. The van der Waals surface area contributed by atoms with Gasteiger partial charge in [0, 0.05) is 6.61 Å². The first kappa shape index (κ1) is 30.4. The molecule has 184 valence electrons. The average Bonchev–Trinajstić information content (AvgIpc) is 2.78. The molecule has 1 nitrogen and oxygen atoms in total. The van der Waals surface area contributed by atoms with Crippen molar-refractivity contribution in [3.05, 3.63) is 24.3 Å². The molecule has 0 aliphatic carbocycles. The molecule has 0 unspecified atom stereocenters. The minimum absolute atomic E-state index is 0.363. The summed E-state index contributed by atoms with van der Waals surface area (Å²) in [5.74, 6) is 0. The van der Waals surface area contributed by atoms with Crippen molar-refractivity contribution in [2.75, 3.05) is 6.61 Å². The molecule has 0 aromatic rings. The molecular formula is C30H58O. The molecule has 0 rings (SSSR count). The van der Waals surface area contributed by atoms with E-state index in [1.807, 2.05) is 0 Å². The molecule has 0 saturated heterocycles. The molecule has 0 spiro atoms. The zero-order valence-corrected chi connectivity index (χ0v) is 21.4. The molecule has 0 bridgehead atoms. The molecule has 0 aliphatic heterocycles. The van der Waals surface area contributed by atoms with Crippen molar-refractivity contribution in [2.45, 2.75) is 161 Å². The fourth-order valence-corrected chi connectivity index (χ4v) is 4.18. The molecule has 0 atom stereocenters. The van der Waals surface area contributed by atoms with Crippen molar-refractivity contribution in [1.82, 2.24) is 0 Å². The van der Waals surface area contributed by atoms with Crippen molar-refractivity contribution < 1.29 is 5.11 Å². The van der Waals surface area contributed by atoms with E-state index in [1.165, 1.54) is 148 Å². The monoisotopic (exact) mass is 434 g/mol. The van der Waals surface area contributed by atoms with E-state index >= 15 is 0 Å². The number of unbranched alkanes of at least 4 members (excludes halogenated alkanes) is 21. The van der Waals surface area contributed by atoms with Gasteiger partial charge < -0.3 is 5.11 Å². The predicted octanol–water partition coefficient (Wildman–Crippen LogP) is 10.5. The lowest BCUT2D eigenvalue weighted by Gasteiger charge is -2.00. The largest absolute Gasteiger partial charge is 0.396 e. The summed E-state index contributed by atoms with van der Waals surface area (Å²) in [6.45, 7) is 2.65. The van der Waals surface area contributed by atoms with Gasteiger partial charge >= 0.3 is 0 Å². The Morgan fingerprint density at radius 1 is 0.355 bits per heavy atom. The number of hydrogen-bond donors (Lipinski definition) is 1. The van der Waals surface area contributed by atoms with Crippen LogP contribution in [0.15, 0.2) is 24.3 Å². The summed E-state index contributed by atoms with van der Waals surface area (Å²) in [7, 11) is 0. The smallest absolute Gasteiger partial charge is 0.0431 e. The van der Waals surface area contributed by atoms with Gasteiger partial charge in [-0.05, 0) is 57.8 Å². The van der Waals surface area contributed by atoms with Crippen LogP contribution in [0.3, 0.4) is 0 Å². The molecule has 0 aliphatic rings. The van der Waals surface area contributed by atoms with E-state index in [0.717, 1.165) is 6.42 Å². The van der Waals surface area contributed by atoms with Crippen molar-refractivity contribution in [1.29, 1.82) is 0 Å². The van der Waals surface area contributed by atoms with Gasteiger partial charge in [-0.2, -0.15) is 0 Å². The van der Waals surface area contributed by atoms with E-state index in [-0.39, 0.29) is 0 Å². The molecule has 31 heavy (non-hydrogen) atoms. The number of rotatable bonds is 26. The normalized spacial score (nSPS) is 11.9. The van der Waals surface area contributed by atoms with Crippen molar-refractivity contribution in [3.63, 3.8) is 0 Å². The quantitative estimate of drug-likeness (QED) is 0.106. The molecule has 0 aromatic heterocycles. The average molecular weight is 435 g/mol. The fraction of sp³-hybridized carbons (Fsp3) is 0.867. The highest BCUT2D eigenvalue weighted by Gasteiger charge is 1.92. The van der Waals surface area contributed by atoms with Crippen LogP contribution in [0.25, 0.3) is 0 Å². The van der Waals surface area contributed by atoms with Crippen LogP contribution in [0.2, 0.25) is 0 Å². The highest BCUT2D eigenvalue weighted by molar-refractivity contribution is 4.82. The first-order valence-electron chi connectivity index (χ1n) is 14.3. The van der Waals surface area contributed by atoms with E-state index in [4.69, 9.17) is 5.11 Å². The van der Waals surface area contributed by atoms with E-state index in [2.05, 4.69) is 31.2 Å². The van der Waals surface area contributed by atoms with Gasteiger partial charge in [-0.1, -0.05) is 128 Å². The second-order valence-corrected chi connectivity index (χ2v) is 9.54. The SMILES string of the molecule is CCCCCCCCCC=CCCCCCCCCC=CCCCCCCCCCO. The topological polar surface area (TPSA) is 20.2 Å². The maximum atomic E-state index is 8.75. The minimum Gasteiger partial charge on any atom is -0.396 e. The Morgan fingerprint density at radius 2 is 0.613 bits per heavy atom. The predicted molar refractivity (Wildman–Crippen MR) is 142 cm³/mol. The lowest BCUT2D eigenvalue weighted by molar-refractivity contribution is 0.282. The van der Waals surface area contributed by atoms with Gasteiger partial charge in [-0.3, -0.25) is 0 Å². The second-order valence-electron chi connectivity index (χ2n) is 9.54. The van der Waals surface area contributed by atoms with Crippen LogP contribution in [0, 0.1) is 0 Å². The maximum absolute atomic E-state index is 8.75. The van der Waals surface area contributed by atoms with E-state index in [1.54, 1.807) is 0 Å². The molecule has 1 heteroatoms. The number of allylic oxidation sites excluding steroid dienone is 4. The van der Waals surface area contributed by atoms with Gasteiger partial charge in [0.2, 0.25) is 0 Å². The Labute approximate surface area is 197 Å². The molecule has 1 N–H and O–H groups in total. The third-order valence-corrected chi connectivity index (χ3v) is 6.33. The summed E-state index contributed by atoms with van der Waals surface area (Å²) in [5.41, 5.74) is 0. The Kier molecular flexibility index (Phi) is 28.9. The van der Waals surface area contributed by atoms with Crippen LogP contribution in [-0.2, 0) is 0 Å². The summed E-state index contributed by atoms with van der Waals surface area (Å²) in [6.07, 6.45) is 42.1. The number of aliphatic hydroxyl groups is 1. The van der Waals surface area contributed by atoms with Crippen LogP contribution in [-0.4, -0.2) is 11.7 Å². The zero-order valence-electron chi connectivity index (χ0n) is 21.4. The molecule has 0 aromatic carbocycles. The highest BCUT2D eigenvalue weighted by atomic mass is 16.2. The summed E-state index contributed by atoms with van der Waals surface area (Å²) in [4.78, 5) is 0. The number of aliphatic hydroxyl groups excluding tert-OH is 1. The zero-order chi connectivity index (χ0) is 22.5. The Morgan fingerprint density at radius 3 is 0.903 bits per heavy atom. The Bertz CT molecular complexity index is 357. The second kappa shape index (κ2) is 29.4. The molecule has 0 heterocycles. The van der Waals surface area contributed by atoms with Gasteiger partial charge in [0.05, 0.1) is 0 Å². The van der Waals surface area contributed by atoms with Gasteiger partial charge in [0.15, 0.2) is 0 Å². The van der Waals surface area contributed by atoms with E-state index < -0.39 is 0 Å². The van der Waals surface area contributed by atoms with Crippen LogP contribution < -0.4 is 0 Å². The van der Waals surface area contributed by atoms with Gasteiger partial charge in [0.1, 0.15) is 0 Å². The summed E-state index contributed by atoms with van der Waals surface area (Å²) >= 11 is 0. The lowest BCUT2D eigenvalue weighted by atomic mass is 10.1. The van der Waals surface area contributed by atoms with Crippen LogP contribution in [0.1, 0.15) is 161 Å². The van der Waals surface area contributed by atoms with Gasteiger partial charge in [-0.25, -0.2) is 0 Å².